The standard InChI is InChI=1S/C40H60N2O15/c1-22(2)54-34-30(44)31(45)39(56-35(34)37(47)41-16-15-24-13-14-27(49-7)28(20-24)50-8)52-18-10-17-51-33-29(43)32(46)40(55-23(3)4)57-36(33)38(48)53-21-25-11-9-12-26(19-25)42(5)6/h9,11-14,19-20,22-23,29-36,39-40,43-46H,10,15-18,21H2,1-8H3,(H,41,47)/t29-,30-,31+,32+,33+,34+,35?,36?,39-,40-/m1/s1. The van der Waals surface area contributed by atoms with Crippen LogP contribution in [0.15, 0.2) is 42.5 Å². The first-order valence-corrected chi connectivity index (χ1v) is 19.1. The van der Waals surface area contributed by atoms with Crippen LogP contribution in [-0.4, -0.2) is 154 Å². The van der Waals surface area contributed by atoms with E-state index < -0.39 is 85.5 Å². The van der Waals surface area contributed by atoms with E-state index in [0.29, 0.717) is 17.9 Å². The number of carbonyl (C=O) groups is 2. The van der Waals surface area contributed by atoms with Gasteiger partial charge in [-0.2, -0.15) is 0 Å². The molecule has 0 radical (unpaired) electrons. The van der Waals surface area contributed by atoms with Crippen molar-refractivity contribution in [2.75, 3.05) is 53.0 Å². The van der Waals surface area contributed by atoms with Crippen LogP contribution in [0.1, 0.15) is 45.2 Å². The Morgan fingerprint density at radius 3 is 2.07 bits per heavy atom. The Hall–Kier alpha value is -3.62. The third-order valence-corrected chi connectivity index (χ3v) is 9.27. The number of esters is 1. The normalized spacial score (nSPS) is 27.6. The second-order valence-electron chi connectivity index (χ2n) is 14.6. The van der Waals surface area contributed by atoms with Gasteiger partial charge in [-0.1, -0.05) is 18.2 Å². The summed E-state index contributed by atoms with van der Waals surface area (Å²) >= 11 is 0. The summed E-state index contributed by atoms with van der Waals surface area (Å²) in [6.07, 6.45) is -14.5. The fourth-order valence-electron chi connectivity index (χ4n) is 6.35. The zero-order valence-corrected chi connectivity index (χ0v) is 33.9. The number of carbonyl (C=O) groups excluding carboxylic acids is 2. The van der Waals surface area contributed by atoms with Crippen molar-refractivity contribution < 1.29 is 72.6 Å². The zero-order chi connectivity index (χ0) is 41.8. The summed E-state index contributed by atoms with van der Waals surface area (Å²) in [5, 5.41) is 46.6. The lowest BCUT2D eigenvalue weighted by Crippen LogP contribution is -2.63. The molecule has 17 heteroatoms. The van der Waals surface area contributed by atoms with Gasteiger partial charge >= 0.3 is 5.97 Å². The maximum atomic E-state index is 13.4. The van der Waals surface area contributed by atoms with Gasteiger partial charge in [0, 0.05) is 32.9 Å². The Morgan fingerprint density at radius 1 is 0.754 bits per heavy atom. The van der Waals surface area contributed by atoms with Gasteiger partial charge in [0.15, 0.2) is 36.3 Å². The molecule has 1 amide bonds. The van der Waals surface area contributed by atoms with Gasteiger partial charge in [0.05, 0.1) is 33.0 Å². The van der Waals surface area contributed by atoms with Crippen LogP contribution in [0.2, 0.25) is 0 Å². The Labute approximate surface area is 334 Å². The molecule has 2 unspecified atom stereocenters. The van der Waals surface area contributed by atoms with Crippen LogP contribution in [0.5, 0.6) is 11.5 Å². The molecular formula is C40H60N2O15. The molecular weight excluding hydrogens is 748 g/mol. The molecule has 2 aliphatic rings. The highest BCUT2D eigenvalue weighted by molar-refractivity contribution is 5.81. The van der Waals surface area contributed by atoms with E-state index in [1.807, 2.05) is 43.3 Å². The lowest BCUT2D eigenvalue weighted by molar-refractivity contribution is -0.310. The number of ether oxygens (including phenoxy) is 9. The molecule has 4 rings (SSSR count). The Bertz CT molecular complexity index is 1560. The van der Waals surface area contributed by atoms with Crippen LogP contribution < -0.4 is 19.7 Å². The van der Waals surface area contributed by atoms with E-state index in [4.69, 9.17) is 42.6 Å². The van der Waals surface area contributed by atoms with Crippen molar-refractivity contribution in [1.82, 2.24) is 5.32 Å². The highest BCUT2D eigenvalue weighted by atomic mass is 16.7. The van der Waals surface area contributed by atoms with Crippen LogP contribution in [0, 0.1) is 0 Å². The second kappa shape index (κ2) is 21.9. The molecule has 0 saturated carbocycles. The van der Waals surface area contributed by atoms with Crippen molar-refractivity contribution >= 4 is 17.6 Å². The topological polar surface area (TPSA) is 213 Å². The number of benzene rings is 2. The minimum Gasteiger partial charge on any atom is -0.493 e. The number of nitrogens with one attached hydrogen (secondary N) is 1. The highest BCUT2D eigenvalue weighted by Gasteiger charge is 2.51. The van der Waals surface area contributed by atoms with Crippen molar-refractivity contribution in [1.29, 1.82) is 0 Å². The fraction of sp³-hybridized carbons (Fsp3) is 0.650. The van der Waals surface area contributed by atoms with E-state index in [1.54, 1.807) is 53.0 Å². The summed E-state index contributed by atoms with van der Waals surface area (Å²) < 4.78 is 51.0. The molecule has 2 heterocycles. The number of aliphatic hydroxyl groups is 4. The van der Waals surface area contributed by atoms with Gasteiger partial charge in [-0.3, -0.25) is 4.79 Å². The number of aliphatic hydroxyl groups excluding tert-OH is 4. The fourth-order valence-corrected chi connectivity index (χ4v) is 6.35. The SMILES string of the molecule is COc1ccc(CCNC(=O)C2O[C@@H](OCCCO[C@@H]3C(C(=O)OCc4cccc(N(C)C)c4)O[C@@H](OC(C)C)[C@@H](O)[C@H]3O)[C@@H](O)[C@@H](O)[C@@H]2OC(C)C)cc1OC. The number of rotatable bonds is 20. The van der Waals surface area contributed by atoms with E-state index in [2.05, 4.69) is 5.32 Å². The number of methoxy groups -OCH3 is 2. The zero-order valence-electron chi connectivity index (χ0n) is 33.9. The summed E-state index contributed by atoms with van der Waals surface area (Å²) in [6, 6.07) is 12.8. The first-order chi connectivity index (χ1) is 27.1. The van der Waals surface area contributed by atoms with Crippen molar-refractivity contribution in [2.45, 2.75) is 121 Å². The van der Waals surface area contributed by atoms with Gasteiger partial charge in [0.25, 0.3) is 5.91 Å². The number of nitrogens with zero attached hydrogens (tertiary/aromatic N) is 1. The van der Waals surface area contributed by atoms with Gasteiger partial charge in [0.1, 0.15) is 43.2 Å². The van der Waals surface area contributed by atoms with Gasteiger partial charge in [-0.05, 0) is 75.9 Å². The van der Waals surface area contributed by atoms with E-state index in [-0.39, 0.29) is 32.8 Å². The van der Waals surface area contributed by atoms with E-state index in [1.165, 1.54) is 7.11 Å². The van der Waals surface area contributed by atoms with Gasteiger partial charge in [0.2, 0.25) is 0 Å². The predicted molar refractivity (Wildman–Crippen MR) is 205 cm³/mol. The number of anilines is 1. The molecule has 2 aromatic rings. The second-order valence-corrected chi connectivity index (χ2v) is 14.6. The minimum absolute atomic E-state index is 0.0785. The van der Waals surface area contributed by atoms with Crippen molar-refractivity contribution in [3.05, 3.63) is 53.6 Å². The number of hydrogen-bond donors (Lipinski definition) is 5. The molecule has 2 aromatic carbocycles. The Balaban J connectivity index is 1.35. The Morgan fingerprint density at radius 2 is 1.40 bits per heavy atom. The van der Waals surface area contributed by atoms with Gasteiger partial charge in [-0.25, -0.2) is 4.79 Å². The smallest absolute Gasteiger partial charge is 0.338 e. The van der Waals surface area contributed by atoms with Gasteiger partial charge < -0.3 is 73.3 Å². The van der Waals surface area contributed by atoms with Crippen molar-refractivity contribution in [2.24, 2.45) is 0 Å². The maximum absolute atomic E-state index is 13.4. The maximum Gasteiger partial charge on any atom is 0.338 e. The molecule has 0 bridgehead atoms. The predicted octanol–water partition coefficient (Wildman–Crippen LogP) is 1.08. The largest absolute Gasteiger partial charge is 0.493 e. The monoisotopic (exact) mass is 808 g/mol. The average Bonchev–Trinajstić information content (AvgIpc) is 3.18. The van der Waals surface area contributed by atoms with Crippen LogP contribution in [-0.2, 0) is 55.8 Å². The number of hydrogen-bond acceptors (Lipinski definition) is 16. The molecule has 5 N–H and O–H groups in total. The molecule has 0 spiro atoms. The molecule has 2 aliphatic heterocycles. The number of amides is 1. The lowest BCUT2D eigenvalue weighted by Gasteiger charge is -2.42. The van der Waals surface area contributed by atoms with E-state index in [9.17, 15) is 30.0 Å². The Kier molecular flexibility index (Phi) is 17.7. The van der Waals surface area contributed by atoms with E-state index in [0.717, 1.165) is 16.8 Å². The molecule has 0 aliphatic carbocycles. The third-order valence-electron chi connectivity index (χ3n) is 9.27. The summed E-state index contributed by atoms with van der Waals surface area (Å²) in [5.41, 5.74) is 2.52. The third kappa shape index (κ3) is 12.7. The molecule has 57 heavy (non-hydrogen) atoms. The molecule has 320 valence electrons. The van der Waals surface area contributed by atoms with E-state index >= 15 is 0 Å². The lowest BCUT2D eigenvalue weighted by atomic mass is 9.97. The molecule has 2 saturated heterocycles. The van der Waals surface area contributed by atoms with Crippen LogP contribution >= 0.6 is 0 Å². The van der Waals surface area contributed by atoms with Crippen LogP contribution in [0.3, 0.4) is 0 Å². The molecule has 17 nitrogen and oxygen atoms in total. The highest BCUT2D eigenvalue weighted by Crippen LogP contribution is 2.30. The summed E-state index contributed by atoms with van der Waals surface area (Å²) in [6.45, 7) is 6.84. The molecule has 10 atom stereocenters. The first kappa shape index (κ1) is 46.1. The van der Waals surface area contributed by atoms with Gasteiger partial charge in [-0.15, -0.1) is 0 Å². The summed E-state index contributed by atoms with van der Waals surface area (Å²) in [7, 11) is 6.86. The first-order valence-electron chi connectivity index (χ1n) is 19.1. The van der Waals surface area contributed by atoms with Crippen LogP contribution in [0.4, 0.5) is 5.69 Å². The molecule has 2 fully saturated rings. The average molecular weight is 809 g/mol. The van der Waals surface area contributed by atoms with Crippen LogP contribution in [0.25, 0.3) is 0 Å². The van der Waals surface area contributed by atoms with Crippen molar-refractivity contribution in [3.8, 4) is 11.5 Å². The summed E-state index contributed by atoms with van der Waals surface area (Å²) in [5.74, 6) is -0.270. The quantitative estimate of drug-likeness (QED) is 0.0935. The minimum atomic E-state index is -1.58. The molecule has 0 aromatic heterocycles. The summed E-state index contributed by atoms with van der Waals surface area (Å²) in [4.78, 5) is 28.7. The van der Waals surface area contributed by atoms with Crippen molar-refractivity contribution in [3.63, 3.8) is 0 Å².